The van der Waals surface area contributed by atoms with Gasteiger partial charge in [-0.3, -0.25) is 0 Å². The number of hydrogen-bond acceptors (Lipinski definition) is 3. The molecule has 0 saturated carbocycles. The molecule has 2 aromatic rings. The van der Waals surface area contributed by atoms with Crippen LogP contribution >= 0.6 is 0 Å². The molecule has 1 aromatic heterocycles. The zero-order valence-corrected chi connectivity index (χ0v) is 8.37. The molecule has 1 aromatic carbocycles. The third-order valence-corrected chi connectivity index (χ3v) is 2.40. The van der Waals surface area contributed by atoms with Crippen molar-refractivity contribution in [2.75, 3.05) is 0 Å². The topological polar surface area (TPSA) is 46.3 Å². The highest BCUT2D eigenvalue weighted by atomic mass is 16.5. The quantitative estimate of drug-likeness (QED) is 0.793. The van der Waals surface area contributed by atoms with Gasteiger partial charge in [-0.1, -0.05) is 18.5 Å². The minimum atomic E-state index is 0.301. The first-order chi connectivity index (χ1) is 6.74. The van der Waals surface area contributed by atoms with E-state index in [1.165, 1.54) is 0 Å². The van der Waals surface area contributed by atoms with Crippen molar-refractivity contribution in [1.29, 1.82) is 0 Å². The Morgan fingerprint density at radius 2 is 2.21 bits per heavy atom. The van der Waals surface area contributed by atoms with Gasteiger partial charge < -0.3 is 9.63 Å². The van der Waals surface area contributed by atoms with Gasteiger partial charge in [0.2, 0.25) is 0 Å². The summed E-state index contributed by atoms with van der Waals surface area (Å²) in [6.45, 7) is 3.97. The van der Waals surface area contributed by atoms with Gasteiger partial charge in [0.05, 0.1) is 5.69 Å². The first-order valence-electron chi connectivity index (χ1n) is 4.81. The first kappa shape index (κ1) is 9.06. The van der Waals surface area contributed by atoms with Crippen LogP contribution in [0.15, 0.2) is 16.7 Å². The van der Waals surface area contributed by atoms with E-state index in [2.05, 4.69) is 12.1 Å². The van der Waals surface area contributed by atoms with E-state index in [1.54, 1.807) is 6.07 Å². The Balaban J connectivity index is 2.70. The zero-order valence-electron chi connectivity index (χ0n) is 8.37. The maximum absolute atomic E-state index is 9.66. The van der Waals surface area contributed by atoms with Gasteiger partial charge in [0.15, 0.2) is 5.58 Å². The van der Waals surface area contributed by atoms with Gasteiger partial charge in [0.1, 0.15) is 5.75 Å². The predicted molar refractivity (Wildman–Crippen MR) is 54.4 cm³/mol. The van der Waals surface area contributed by atoms with Crippen LogP contribution in [-0.2, 0) is 6.42 Å². The van der Waals surface area contributed by atoms with Crippen LogP contribution in [0.5, 0.6) is 5.75 Å². The van der Waals surface area contributed by atoms with Gasteiger partial charge >= 0.3 is 0 Å². The third-order valence-electron chi connectivity index (χ3n) is 2.40. The predicted octanol–water partition coefficient (Wildman–Crippen LogP) is 2.79. The molecule has 0 atom stereocenters. The second kappa shape index (κ2) is 3.33. The maximum Gasteiger partial charge on any atom is 0.173 e. The molecule has 1 heterocycles. The fourth-order valence-corrected chi connectivity index (χ4v) is 1.66. The first-order valence-corrected chi connectivity index (χ1v) is 4.81. The highest BCUT2D eigenvalue weighted by Crippen LogP contribution is 2.29. The summed E-state index contributed by atoms with van der Waals surface area (Å²) >= 11 is 0. The zero-order chi connectivity index (χ0) is 10.1. The van der Waals surface area contributed by atoms with E-state index >= 15 is 0 Å². The van der Waals surface area contributed by atoms with Crippen LogP contribution in [0.25, 0.3) is 11.0 Å². The van der Waals surface area contributed by atoms with Gasteiger partial charge in [-0.05, 0) is 25.5 Å². The monoisotopic (exact) mass is 191 g/mol. The third kappa shape index (κ3) is 1.25. The second-order valence-corrected chi connectivity index (χ2v) is 3.46. The van der Waals surface area contributed by atoms with Crippen molar-refractivity contribution < 1.29 is 9.63 Å². The van der Waals surface area contributed by atoms with E-state index < -0.39 is 0 Å². The van der Waals surface area contributed by atoms with Crippen molar-refractivity contribution >= 4 is 11.0 Å². The number of aromatic nitrogens is 1. The number of phenols is 1. The molecule has 0 radical (unpaired) electrons. The summed E-state index contributed by atoms with van der Waals surface area (Å²) in [7, 11) is 0. The molecular weight excluding hydrogens is 178 g/mol. The Hall–Kier alpha value is -1.51. The summed E-state index contributed by atoms with van der Waals surface area (Å²) in [5.74, 6) is 0.301. The SMILES string of the molecule is CCCc1c(O)ccc2c(C)noc12. The molecule has 0 amide bonds. The Labute approximate surface area is 82.3 Å². The van der Waals surface area contributed by atoms with Crippen LogP contribution in [0.2, 0.25) is 0 Å². The van der Waals surface area contributed by atoms with Crippen molar-refractivity contribution in [3.05, 3.63) is 23.4 Å². The van der Waals surface area contributed by atoms with Crippen LogP contribution in [0.4, 0.5) is 0 Å². The minimum absolute atomic E-state index is 0.301. The molecule has 0 saturated heterocycles. The average molecular weight is 191 g/mol. The van der Waals surface area contributed by atoms with Gasteiger partial charge in [-0.15, -0.1) is 0 Å². The number of benzene rings is 1. The molecule has 2 rings (SSSR count). The number of aromatic hydroxyl groups is 1. The number of phenolic OH excluding ortho intramolecular Hbond substituents is 1. The molecule has 1 N–H and O–H groups in total. The van der Waals surface area contributed by atoms with Gasteiger partial charge in [-0.25, -0.2) is 0 Å². The lowest BCUT2D eigenvalue weighted by atomic mass is 10.1. The van der Waals surface area contributed by atoms with Crippen LogP contribution in [0.1, 0.15) is 24.6 Å². The van der Waals surface area contributed by atoms with Gasteiger partial charge in [0, 0.05) is 10.9 Å². The van der Waals surface area contributed by atoms with Crippen molar-refractivity contribution in [2.45, 2.75) is 26.7 Å². The molecule has 3 heteroatoms. The Bertz CT molecular complexity index is 460. The number of fused-ring (bicyclic) bond motifs is 1. The highest BCUT2D eigenvalue weighted by Gasteiger charge is 2.12. The molecule has 0 aliphatic carbocycles. The fourth-order valence-electron chi connectivity index (χ4n) is 1.66. The largest absolute Gasteiger partial charge is 0.508 e. The van der Waals surface area contributed by atoms with Crippen molar-refractivity contribution in [1.82, 2.24) is 5.16 Å². The molecule has 0 spiro atoms. The van der Waals surface area contributed by atoms with Crippen molar-refractivity contribution in [2.24, 2.45) is 0 Å². The Morgan fingerprint density at radius 1 is 1.43 bits per heavy atom. The lowest BCUT2D eigenvalue weighted by Crippen LogP contribution is -1.85. The lowest BCUT2D eigenvalue weighted by molar-refractivity contribution is 0.438. The number of aryl methyl sites for hydroxylation is 2. The fraction of sp³-hybridized carbons (Fsp3) is 0.364. The summed E-state index contributed by atoms with van der Waals surface area (Å²) in [4.78, 5) is 0. The molecule has 0 aliphatic heterocycles. The summed E-state index contributed by atoms with van der Waals surface area (Å²) < 4.78 is 5.20. The summed E-state index contributed by atoms with van der Waals surface area (Å²) in [5, 5.41) is 14.5. The average Bonchev–Trinajstić information content (AvgIpc) is 2.53. The van der Waals surface area contributed by atoms with E-state index in [9.17, 15) is 5.11 Å². The van der Waals surface area contributed by atoms with Crippen molar-refractivity contribution in [3.8, 4) is 5.75 Å². The smallest absolute Gasteiger partial charge is 0.173 e. The number of hydrogen-bond donors (Lipinski definition) is 1. The normalized spacial score (nSPS) is 11.0. The standard InChI is InChI=1S/C11H13NO2/c1-3-4-9-10(13)6-5-8-7(2)12-14-11(8)9/h5-6,13H,3-4H2,1-2H3. The molecule has 74 valence electrons. The van der Waals surface area contributed by atoms with Crippen LogP contribution in [-0.4, -0.2) is 10.3 Å². The molecule has 0 fully saturated rings. The molecule has 14 heavy (non-hydrogen) atoms. The second-order valence-electron chi connectivity index (χ2n) is 3.46. The summed E-state index contributed by atoms with van der Waals surface area (Å²) in [5.41, 5.74) is 2.47. The summed E-state index contributed by atoms with van der Waals surface area (Å²) in [6, 6.07) is 3.55. The van der Waals surface area contributed by atoms with E-state index in [0.717, 1.165) is 35.1 Å². The number of nitrogens with zero attached hydrogens (tertiary/aromatic N) is 1. The van der Waals surface area contributed by atoms with Gasteiger partial charge in [0.25, 0.3) is 0 Å². The van der Waals surface area contributed by atoms with E-state index in [1.807, 2.05) is 13.0 Å². The summed E-state index contributed by atoms with van der Waals surface area (Å²) in [6.07, 6.45) is 1.80. The van der Waals surface area contributed by atoms with E-state index in [-0.39, 0.29) is 0 Å². The minimum Gasteiger partial charge on any atom is -0.508 e. The molecule has 3 nitrogen and oxygen atoms in total. The van der Waals surface area contributed by atoms with E-state index in [0.29, 0.717) is 5.75 Å². The van der Waals surface area contributed by atoms with Gasteiger partial charge in [-0.2, -0.15) is 0 Å². The van der Waals surface area contributed by atoms with E-state index in [4.69, 9.17) is 4.52 Å². The maximum atomic E-state index is 9.66. The molecule has 0 unspecified atom stereocenters. The molecule has 0 aliphatic rings. The number of rotatable bonds is 2. The molecule has 0 bridgehead atoms. The highest BCUT2D eigenvalue weighted by molar-refractivity contribution is 5.84. The van der Waals surface area contributed by atoms with Crippen LogP contribution in [0, 0.1) is 6.92 Å². The molecular formula is C11H13NO2. The van der Waals surface area contributed by atoms with Crippen molar-refractivity contribution in [3.63, 3.8) is 0 Å². The lowest BCUT2D eigenvalue weighted by Gasteiger charge is -2.02. The van der Waals surface area contributed by atoms with Crippen LogP contribution < -0.4 is 0 Å². The van der Waals surface area contributed by atoms with Crippen LogP contribution in [0.3, 0.4) is 0 Å². The Morgan fingerprint density at radius 3 is 2.93 bits per heavy atom. The Kier molecular flexibility index (Phi) is 2.15.